The van der Waals surface area contributed by atoms with E-state index in [1.54, 1.807) is 4.90 Å². The van der Waals surface area contributed by atoms with Crippen molar-refractivity contribution in [3.8, 4) is 0 Å². The number of hydrogen-bond donors (Lipinski definition) is 1. The zero-order valence-corrected chi connectivity index (χ0v) is 13.8. The molecular weight excluding hydrogens is 310 g/mol. The van der Waals surface area contributed by atoms with Crippen LogP contribution in [0.5, 0.6) is 0 Å². The van der Waals surface area contributed by atoms with Gasteiger partial charge < -0.3 is 19.5 Å². The van der Waals surface area contributed by atoms with Crippen LogP contribution in [0, 0.1) is 0 Å². The number of nitrogens with zero attached hydrogens (tertiary/aromatic N) is 1. The number of benzene rings is 1. The fraction of sp³-hybridized carbons (Fsp3) is 0.444. The molecule has 1 aliphatic heterocycles. The summed E-state index contributed by atoms with van der Waals surface area (Å²) in [4.78, 5) is 25.6. The van der Waals surface area contributed by atoms with Crippen molar-refractivity contribution >= 4 is 11.9 Å². The molecule has 0 radical (unpaired) electrons. The van der Waals surface area contributed by atoms with Crippen LogP contribution in [0.4, 0.5) is 0 Å². The fourth-order valence-electron chi connectivity index (χ4n) is 2.24. The van der Waals surface area contributed by atoms with E-state index >= 15 is 0 Å². The van der Waals surface area contributed by atoms with Gasteiger partial charge in [0.25, 0.3) is 0 Å². The lowest BCUT2D eigenvalue weighted by molar-refractivity contribution is -0.164. The maximum atomic E-state index is 12.0. The normalized spacial score (nSPS) is 17.5. The maximum Gasteiger partial charge on any atom is 0.338 e. The molecule has 0 spiro atoms. The third-order valence-electron chi connectivity index (χ3n) is 3.75. The standard InChI is InChI=1S/C18H23NO5/c1-18(22,17(21)24-14-15-6-3-2-4-7-15)9-5-8-16(20)19-10-12-23-13-11-19/h2-8,22H,9-14H2,1H3/b8-5+/t18-/m1/s1. The van der Waals surface area contributed by atoms with Crippen molar-refractivity contribution in [2.75, 3.05) is 26.3 Å². The SMILES string of the molecule is C[C@@](O)(C/C=C/C(=O)N1CCOCC1)C(=O)OCc1ccccc1. The van der Waals surface area contributed by atoms with Gasteiger partial charge in [-0.2, -0.15) is 0 Å². The number of amides is 1. The second-order valence-corrected chi connectivity index (χ2v) is 5.88. The minimum Gasteiger partial charge on any atom is -0.459 e. The summed E-state index contributed by atoms with van der Waals surface area (Å²) in [6.07, 6.45) is 2.89. The second kappa shape index (κ2) is 8.61. The molecule has 6 nitrogen and oxygen atoms in total. The summed E-state index contributed by atoms with van der Waals surface area (Å²) in [7, 11) is 0. The molecule has 0 unspecified atom stereocenters. The lowest BCUT2D eigenvalue weighted by Gasteiger charge is -2.25. The Labute approximate surface area is 141 Å². The molecule has 0 aliphatic carbocycles. The number of ether oxygens (including phenoxy) is 2. The van der Waals surface area contributed by atoms with Crippen molar-refractivity contribution in [2.45, 2.75) is 25.6 Å². The van der Waals surface area contributed by atoms with Crippen LogP contribution in [0.1, 0.15) is 18.9 Å². The Morgan fingerprint density at radius 3 is 2.62 bits per heavy atom. The summed E-state index contributed by atoms with van der Waals surface area (Å²) >= 11 is 0. The molecule has 1 fully saturated rings. The van der Waals surface area contributed by atoms with Gasteiger partial charge in [-0.3, -0.25) is 4.79 Å². The van der Waals surface area contributed by atoms with E-state index in [2.05, 4.69) is 0 Å². The quantitative estimate of drug-likeness (QED) is 0.627. The molecule has 0 aromatic heterocycles. The molecule has 1 atom stereocenters. The minimum absolute atomic E-state index is 0.0106. The molecule has 24 heavy (non-hydrogen) atoms. The first-order chi connectivity index (χ1) is 11.5. The minimum atomic E-state index is -1.67. The lowest BCUT2D eigenvalue weighted by Crippen LogP contribution is -2.40. The Morgan fingerprint density at radius 1 is 1.29 bits per heavy atom. The van der Waals surface area contributed by atoms with E-state index in [4.69, 9.17) is 9.47 Å². The molecule has 6 heteroatoms. The number of aliphatic hydroxyl groups is 1. The molecule has 1 aromatic carbocycles. The first kappa shape index (κ1) is 18.2. The Kier molecular flexibility index (Phi) is 6.52. The molecule has 1 amide bonds. The number of carbonyl (C=O) groups is 2. The van der Waals surface area contributed by atoms with Crippen LogP contribution in [0.15, 0.2) is 42.5 Å². The Balaban J connectivity index is 1.79. The average Bonchev–Trinajstić information content (AvgIpc) is 2.61. The lowest BCUT2D eigenvalue weighted by atomic mass is 10.0. The van der Waals surface area contributed by atoms with E-state index in [1.807, 2.05) is 30.3 Å². The van der Waals surface area contributed by atoms with Crippen molar-refractivity contribution in [1.29, 1.82) is 0 Å². The van der Waals surface area contributed by atoms with Gasteiger partial charge in [-0.05, 0) is 18.6 Å². The molecule has 1 aliphatic rings. The molecule has 0 bridgehead atoms. The van der Waals surface area contributed by atoms with Crippen molar-refractivity contribution in [2.24, 2.45) is 0 Å². The fourth-order valence-corrected chi connectivity index (χ4v) is 2.24. The topological polar surface area (TPSA) is 76.1 Å². The first-order valence-electron chi connectivity index (χ1n) is 7.96. The smallest absolute Gasteiger partial charge is 0.338 e. The second-order valence-electron chi connectivity index (χ2n) is 5.88. The molecule has 130 valence electrons. The van der Waals surface area contributed by atoms with E-state index in [0.717, 1.165) is 5.56 Å². The van der Waals surface area contributed by atoms with Crippen molar-refractivity contribution in [3.63, 3.8) is 0 Å². The highest BCUT2D eigenvalue weighted by Gasteiger charge is 2.30. The predicted octanol–water partition coefficient (Wildman–Crippen LogP) is 1.29. The van der Waals surface area contributed by atoms with Crippen LogP contribution in [-0.2, 0) is 25.7 Å². The number of morpholine rings is 1. The van der Waals surface area contributed by atoms with Gasteiger partial charge >= 0.3 is 5.97 Å². The third kappa shape index (κ3) is 5.47. The summed E-state index contributed by atoms with van der Waals surface area (Å²) in [5.74, 6) is -0.860. The van der Waals surface area contributed by atoms with E-state index < -0.39 is 11.6 Å². The van der Waals surface area contributed by atoms with Crippen LogP contribution in [-0.4, -0.2) is 53.8 Å². The molecule has 1 heterocycles. The van der Waals surface area contributed by atoms with E-state index in [1.165, 1.54) is 19.1 Å². The summed E-state index contributed by atoms with van der Waals surface area (Å²) in [6, 6.07) is 9.24. The van der Waals surface area contributed by atoms with E-state index in [9.17, 15) is 14.7 Å². The zero-order chi connectivity index (χ0) is 17.4. The number of carbonyl (C=O) groups excluding carboxylic acids is 2. The third-order valence-corrected chi connectivity index (χ3v) is 3.75. The molecule has 2 rings (SSSR count). The average molecular weight is 333 g/mol. The Bertz CT molecular complexity index is 576. The first-order valence-corrected chi connectivity index (χ1v) is 7.96. The van der Waals surface area contributed by atoms with Gasteiger partial charge in [-0.15, -0.1) is 0 Å². The van der Waals surface area contributed by atoms with Crippen LogP contribution >= 0.6 is 0 Å². The number of hydrogen-bond acceptors (Lipinski definition) is 5. The number of rotatable bonds is 6. The summed E-state index contributed by atoms with van der Waals surface area (Å²) in [5.41, 5.74) is -0.823. The van der Waals surface area contributed by atoms with Crippen LogP contribution in [0.3, 0.4) is 0 Å². The van der Waals surface area contributed by atoms with Gasteiger partial charge in [0.2, 0.25) is 5.91 Å². The molecule has 0 saturated carbocycles. The molecule has 1 saturated heterocycles. The van der Waals surface area contributed by atoms with E-state index in [0.29, 0.717) is 26.3 Å². The van der Waals surface area contributed by atoms with Crippen LogP contribution in [0.25, 0.3) is 0 Å². The van der Waals surface area contributed by atoms with Crippen molar-refractivity contribution in [3.05, 3.63) is 48.0 Å². The summed E-state index contributed by atoms with van der Waals surface area (Å²) < 4.78 is 10.3. The highest BCUT2D eigenvalue weighted by Crippen LogP contribution is 2.14. The van der Waals surface area contributed by atoms with Crippen LogP contribution < -0.4 is 0 Å². The van der Waals surface area contributed by atoms with Gasteiger partial charge in [0.05, 0.1) is 13.2 Å². The summed E-state index contributed by atoms with van der Waals surface area (Å²) in [6.45, 7) is 3.65. The van der Waals surface area contributed by atoms with Gasteiger partial charge in [0.1, 0.15) is 6.61 Å². The van der Waals surface area contributed by atoms with Gasteiger partial charge in [0, 0.05) is 19.5 Å². The predicted molar refractivity (Wildman–Crippen MR) is 88.0 cm³/mol. The van der Waals surface area contributed by atoms with Gasteiger partial charge in [-0.25, -0.2) is 4.79 Å². The van der Waals surface area contributed by atoms with Gasteiger partial charge in [0.15, 0.2) is 5.60 Å². The number of esters is 1. The van der Waals surface area contributed by atoms with Gasteiger partial charge in [-0.1, -0.05) is 36.4 Å². The Morgan fingerprint density at radius 2 is 1.96 bits per heavy atom. The zero-order valence-electron chi connectivity index (χ0n) is 13.8. The molecular formula is C18H23NO5. The monoisotopic (exact) mass is 333 g/mol. The molecule has 1 aromatic rings. The summed E-state index contributed by atoms with van der Waals surface area (Å²) in [5, 5.41) is 10.2. The Hall–Kier alpha value is -2.18. The molecule has 1 N–H and O–H groups in total. The largest absolute Gasteiger partial charge is 0.459 e. The highest BCUT2D eigenvalue weighted by molar-refractivity contribution is 5.88. The van der Waals surface area contributed by atoms with Crippen LogP contribution in [0.2, 0.25) is 0 Å². The van der Waals surface area contributed by atoms with Crippen molar-refractivity contribution in [1.82, 2.24) is 4.90 Å². The highest BCUT2D eigenvalue weighted by atomic mass is 16.5. The van der Waals surface area contributed by atoms with E-state index in [-0.39, 0.29) is 18.9 Å². The maximum absolute atomic E-state index is 12.0. The van der Waals surface area contributed by atoms with Crippen molar-refractivity contribution < 1.29 is 24.2 Å².